The molecule has 1 aliphatic rings. The van der Waals surface area contributed by atoms with Gasteiger partial charge in [-0.3, -0.25) is 9.59 Å². The van der Waals surface area contributed by atoms with Crippen LogP contribution in [0, 0.1) is 13.8 Å². The SMILES string of the molecule is Cc1cc(C)cc(C2(C(=O)N(C)CC(=O)O)CC2)c1. The number of carbonyl (C=O) groups is 2. The van der Waals surface area contributed by atoms with Gasteiger partial charge in [-0.15, -0.1) is 0 Å². The minimum Gasteiger partial charge on any atom is -0.480 e. The van der Waals surface area contributed by atoms with Crippen molar-refractivity contribution in [1.82, 2.24) is 4.90 Å². The molecule has 0 unspecified atom stereocenters. The van der Waals surface area contributed by atoms with Gasteiger partial charge >= 0.3 is 5.97 Å². The number of carboxylic acids is 1. The van der Waals surface area contributed by atoms with E-state index in [9.17, 15) is 9.59 Å². The first-order valence-electron chi connectivity index (χ1n) is 6.41. The molecule has 4 nitrogen and oxygen atoms in total. The molecule has 0 aromatic heterocycles. The van der Waals surface area contributed by atoms with Gasteiger partial charge in [-0.2, -0.15) is 0 Å². The first-order valence-corrected chi connectivity index (χ1v) is 6.41. The molecule has 0 spiro atoms. The molecule has 2 rings (SSSR count). The lowest BCUT2D eigenvalue weighted by Crippen LogP contribution is -2.39. The minimum atomic E-state index is -0.980. The molecule has 102 valence electrons. The van der Waals surface area contributed by atoms with Gasteiger partial charge in [0.1, 0.15) is 6.54 Å². The monoisotopic (exact) mass is 261 g/mol. The quantitative estimate of drug-likeness (QED) is 0.900. The molecule has 0 heterocycles. The van der Waals surface area contributed by atoms with Crippen LogP contribution in [0.25, 0.3) is 0 Å². The summed E-state index contributed by atoms with van der Waals surface area (Å²) in [6.45, 7) is 3.78. The second-order valence-corrected chi connectivity index (χ2v) is 5.51. The maximum absolute atomic E-state index is 12.4. The van der Waals surface area contributed by atoms with Gasteiger partial charge in [0.05, 0.1) is 5.41 Å². The van der Waals surface area contributed by atoms with Crippen LogP contribution < -0.4 is 0 Å². The summed E-state index contributed by atoms with van der Waals surface area (Å²) >= 11 is 0. The van der Waals surface area contributed by atoms with Gasteiger partial charge in [0.15, 0.2) is 0 Å². The molecular formula is C15H19NO3. The number of carboxylic acid groups (broad SMARTS) is 1. The van der Waals surface area contributed by atoms with E-state index >= 15 is 0 Å². The molecule has 1 fully saturated rings. The molecule has 19 heavy (non-hydrogen) atoms. The standard InChI is InChI=1S/C15H19NO3/c1-10-6-11(2)8-12(7-10)15(4-5-15)14(19)16(3)9-13(17)18/h6-8H,4-5,9H2,1-3H3,(H,17,18). The summed E-state index contributed by atoms with van der Waals surface area (Å²) in [5.74, 6) is -1.06. The Morgan fingerprint density at radius 2 is 1.74 bits per heavy atom. The van der Waals surface area contributed by atoms with Crippen molar-refractivity contribution in [2.75, 3.05) is 13.6 Å². The Bertz CT molecular complexity index is 512. The van der Waals surface area contributed by atoms with Gasteiger partial charge in [-0.1, -0.05) is 29.3 Å². The molecule has 0 saturated heterocycles. The molecule has 4 heteroatoms. The highest BCUT2D eigenvalue weighted by Gasteiger charge is 2.52. The second kappa shape index (κ2) is 4.68. The zero-order valence-electron chi connectivity index (χ0n) is 11.6. The molecule has 1 N–H and O–H groups in total. The summed E-state index contributed by atoms with van der Waals surface area (Å²) in [4.78, 5) is 24.5. The van der Waals surface area contributed by atoms with Crippen LogP contribution in [0.5, 0.6) is 0 Å². The number of carbonyl (C=O) groups excluding carboxylic acids is 1. The zero-order valence-corrected chi connectivity index (χ0v) is 11.6. The Balaban J connectivity index is 2.27. The topological polar surface area (TPSA) is 57.6 Å². The van der Waals surface area contributed by atoms with Crippen molar-refractivity contribution in [3.8, 4) is 0 Å². The maximum Gasteiger partial charge on any atom is 0.323 e. The summed E-state index contributed by atoms with van der Waals surface area (Å²) in [5.41, 5.74) is 2.80. The minimum absolute atomic E-state index is 0.0834. The smallest absolute Gasteiger partial charge is 0.323 e. The van der Waals surface area contributed by atoms with Gasteiger partial charge < -0.3 is 10.0 Å². The summed E-state index contributed by atoms with van der Waals surface area (Å²) in [5, 5.41) is 8.78. The number of rotatable bonds is 4. The summed E-state index contributed by atoms with van der Waals surface area (Å²) in [6.07, 6.45) is 1.61. The van der Waals surface area contributed by atoms with Crippen molar-refractivity contribution in [3.05, 3.63) is 34.9 Å². The van der Waals surface area contributed by atoms with Gasteiger partial charge in [-0.05, 0) is 32.3 Å². The van der Waals surface area contributed by atoms with Crippen molar-refractivity contribution in [1.29, 1.82) is 0 Å². The molecule has 1 aliphatic carbocycles. The third-order valence-corrected chi connectivity index (χ3v) is 3.65. The van der Waals surface area contributed by atoms with Crippen LogP contribution in [0.15, 0.2) is 18.2 Å². The molecule has 0 atom stereocenters. The Hall–Kier alpha value is -1.84. The van der Waals surface area contributed by atoms with Crippen LogP contribution in [0.3, 0.4) is 0 Å². The Labute approximate surface area is 113 Å². The summed E-state index contributed by atoms with van der Waals surface area (Å²) < 4.78 is 0. The lowest BCUT2D eigenvalue weighted by atomic mass is 9.91. The highest BCUT2D eigenvalue weighted by Crippen LogP contribution is 2.49. The molecule has 1 aromatic rings. The number of aryl methyl sites for hydroxylation is 2. The molecule has 0 aliphatic heterocycles. The third-order valence-electron chi connectivity index (χ3n) is 3.65. The van der Waals surface area contributed by atoms with Crippen molar-refractivity contribution in [2.45, 2.75) is 32.1 Å². The average Bonchev–Trinajstić information content (AvgIpc) is 3.06. The van der Waals surface area contributed by atoms with Crippen molar-refractivity contribution in [2.24, 2.45) is 0 Å². The van der Waals surface area contributed by atoms with E-state index in [1.165, 1.54) is 4.90 Å². The van der Waals surface area contributed by atoms with Gasteiger partial charge in [-0.25, -0.2) is 0 Å². The molecule has 0 bridgehead atoms. The van der Waals surface area contributed by atoms with Gasteiger partial charge in [0.25, 0.3) is 0 Å². The third kappa shape index (κ3) is 2.62. The number of hydrogen-bond donors (Lipinski definition) is 1. The van der Waals surface area contributed by atoms with Crippen LogP contribution in [0.4, 0.5) is 0 Å². The number of aliphatic carboxylic acids is 1. The Morgan fingerprint density at radius 3 is 2.16 bits per heavy atom. The van der Waals surface area contributed by atoms with E-state index in [0.717, 1.165) is 29.5 Å². The van der Waals surface area contributed by atoms with Crippen LogP contribution in [-0.2, 0) is 15.0 Å². The molecule has 1 amide bonds. The predicted molar refractivity (Wildman–Crippen MR) is 72.1 cm³/mol. The Morgan fingerprint density at radius 1 is 1.21 bits per heavy atom. The van der Waals surface area contributed by atoms with E-state index < -0.39 is 11.4 Å². The normalized spacial score (nSPS) is 15.9. The number of hydrogen-bond acceptors (Lipinski definition) is 2. The van der Waals surface area contributed by atoms with E-state index in [-0.39, 0.29) is 12.5 Å². The molecular weight excluding hydrogens is 242 g/mol. The van der Waals surface area contributed by atoms with Crippen LogP contribution in [-0.4, -0.2) is 35.5 Å². The molecule has 0 radical (unpaired) electrons. The van der Waals surface area contributed by atoms with Crippen LogP contribution in [0.2, 0.25) is 0 Å². The van der Waals surface area contributed by atoms with E-state index in [2.05, 4.69) is 6.07 Å². The highest BCUT2D eigenvalue weighted by molar-refractivity contribution is 5.93. The number of amides is 1. The molecule has 1 aromatic carbocycles. The highest BCUT2D eigenvalue weighted by atomic mass is 16.4. The second-order valence-electron chi connectivity index (χ2n) is 5.51. The van der Waals surface area contributed by atoms with E-state index in [1.807, 2.05) is 26.0 Å². The maximum atomic E-state index is 12.4. The van der Waals surface area contributed by atoms with Crippen LogP contribution in [0.1, 0.15) is 29.5 Å². The van der Waals surface area contributed by atoms with Gasteiger partial charge in [0, 0.05) is 7.05 Å². The number of benzene rings is 1. The van der Waals surface area contributed by atoms with E-state index in [0.29, 0.717) is 0 Å². The van der Waals surface area contributed by atoms with E-state index in [1.54, 1.807) is 7.05 Å². The fraction of sp³-hybridized carbons (Fsp3) is 0.467. The predicted octanol–water partition coefficient (Wildman–Crippen LogP) is 1.88. The average molecular weight is 261 g/mol. The first kappa shape index (κ1) is 13.6. The van der Waals surface area contributed by atoms with Crippen molar-refractivity contribution in [3.63, 3.8) is 0 Å². The van der Waals surface area contributed by atoms with E-state index in [4.69, 9.17) is 5.11 Å². The Kier molecular flexibility index (Phi) is 3.35. The van der Waals surface area contributed by atoms with Crippen molar-refractivity contribution < 1.29 is 14.7 Å². The summed E-state index contributed by atoms with van der Waals surface area (Å²) in [6, 6.07) is 6.14. The first-order chi connectivity index (χ1) is 8.85. The van der Waals surface area contributed by atoms with Crippen molar-refractivity contribution >= 4 is 11.9 Å². The number of likely N-dealkylation sites (N-methyl/N-ethyl adjacent to an activating group) is 1. The zero-order chi connectivity index (χ0) is 14.2. The largest absolute Gasteiger partial charge is 0.480 e. The van der Waals surface area contributed by atoms with Crippen LogP contribution >= 0.6 is 0 Å². The molecule has 1 saturated carbocycles. The van der Waals surface area contributed by atoms with Gasteiger partial charge in [0.2, 0.25) is 5.91 Å². The lowest BCUT2D eigenvalue weighted by molar-refractivity contribution is -0.144. The fourth-order valence-corrected chi connectivity index (χ4v) is 2.64. The summed E-state index contributed by atoms with van der Waals surface area (Å²) in [7, 11) is 1.55. The number of nitrogens with zero attached hydrogens (tertiary/aromatic N) is 1. The lowest BCUT2D eigenvalue weighted by Gasteiger charge is -2.23. The fourth-order valence-electron chi connectivity index (χ4n) is 2.64.